The molecule has 0 amide bonds. The predicted molar refractivity (Wildman–Crippen MR) is 108 cm³/mol. The van der Waals surface area contributed by atoms with Gasteiger partial charge in [-0.25, -0.2) is 0 Å². The Labute approximate surface area is 155 Å². The molecule has 0 saturated carbocycles. The molecule has 0 aliphatic heterocycles. The minimum Gasteiger partial charge on any atom is -0.438 e. The minimum atomic E-state index is -2.76. The van der Waals surface area contributed by atoms with Crippen LogP contribution in [0.4, 0.5) is 0 Å². The minimum absolute atomic E-state index is 0.434. The maximum Gasteiger partial charge on any atom is 0.380 e. The average Bonchev–Trinajstić information content (AvgIpc) is 2.73. The van der Waals surface area contributed by atoms with Gasteiger partial charge in [0.15, 0.2) is 0 Å². The van der Waals surface area contributed by atoms with E-state index in [0.717, 1.165) is 15.6 Å². The summed E-state index contributed by atoms with van der Waals surface area (Å²) in [4.78, 5) is 0. The smallest absolute Gasteiger partial charge is 0.380 e. The largest absolute Gasteiger partial charge is 0.438 e. The first-order valence-electron chi connectivity index (χ1n) is 8.61. The summed E-state index contributed by atoms with van der Waals surface area (Å²) in [5.41, 5.74) is 0. The molecular weight excluding hydrogens is 336 g/mol. The second-order valence-corrected chi connectivity index (χ2v) is 9.13. The van der Waals surface area contributed by atoms with E-state index >= 15 is 0 Å². The Balaban J connectivity index is 2.15. The van der Waals surface area contributed by atoms with E-state index in [1.807, 2.05) is 54.6 Å². The third-order valence-corrected chi connectivity index (χ3v) is 8.01. The molecule has 0 atom stereocenters. The van der Waals surface area contributed by atoms with Crippen LogP contribution in [-0.4, -0.2) is 14.5 Å². The monoisotopic (exact) mass is 356 g/mol. The van der Waals surface area contributed by atoms with E-state index in [1.165, 1.54) is 0 Å². The Kier molecular flexibility index (Phi) is 5.97. The van der Waals surface area contributed by atoms with Gasteiger partial charge in [0.25, 0.3) is 0 Å². The van der Waals surface area contributed by atoms with Crippen LogP contribution in [0.3, 0.4) is 0 Å². The van der Waals surface area contributed by atoms with E-state index in [4.69, 9.17) is 9.79 Å². The van der Waals surface area contributed by atoms with Crippen molar-refractivity contribution >= 4 is 30.1 Å². The van der Waals surface area contributed by atoms with Gasteiger partial charge in [-0.1, -0.05) is 91.0 Å². The van der Waals surface area contributed by atoms with Crippen LogP contribution in [0.25, 0.3) is 0 Å². The van der Waals surface area contributed by atoms with Crippen molar-refractivity contribution in [1.29, 1.82) is 5.26 Å². The predicted octanol–water partition coefficient (Wildman–Crippen LogP) is 2.96. The zero-order chi connectivity index (χ0) is 18.1. The molecule has 0 fully saturated rings. The highest BCUT2D eigenvalue weighted by molar-refractivity contribution is 7.07. The molecule has 4 heteroatoms. The molecule has 3 rings (SSSR count). The zero-order valence-electron chi connectivity index (χ0n) is 14.5. The molecule has 0 aliphatic rings. The summed E-state index contributed by atoms with van der Waals surface area (Å²) in [5.74, 6) is 0. The Morgan fingerprint density at radius 3 is 1.58 bits per heavy atom. The topological polar surface area (TPSA) is 45.4 Å². The van der Waals surface area contributed by atoms with Crippen molar-refractivity contribution in [3.63, 3.8) is 0 Å². The first kappa shape index (κ1) is 17.7. The van der Waals surface area contributed by atoms with Crippen LogP contribution in [-0.2, 0) is 4.53 Å². The molecule has 0 saturated heterocycles. The normalized spacial score (nSPS) is 11.2. The van der Waals surface area contributed by atoms with Gasteiger partial charge in [0.1, 0.15) is 0 Å². The fraction of sp³-hybridized carbons (Fsp3) is 0.0909. The SMILES string of the molecule is N#CCCC=NO[Si](c1ccccc1)(c1ccccc1)c1ccccc1. The fourth-order valence-corrected chi connectivity index (χ4v) is 6.51. The molecule has 0 unspecified atom stereocenters. The van der Waals surface area contributed by atoms with Crippen LogP contribution in [0.1, 0.15) is 12.8 Å². The van der Waals surface area contributed by atoms with Crippen molar-refractivity contribution in [2.24, 2.45) is 5.16 Å². The molecule has 0 aromatic heterocycles. The molecule has 3 aromatic rings. The standard InChI is InChI=1S/C22H20N2OSi/c23-18-10-11-19-24-25-26(20-12-4-1-5-13-20,21-14-6-2-7-15-21)22-16-8-3-9-17-22/h1-9,12-17,19H,10-11H2. The van der Waals surface area contributed by atoms with Crippen LogP contribution < -0.4 is 15.6 Å². The maximum absolute atomic E-state index is 8.72. The van der Waals surface area contributed by atoms with Gasteiger partial charge in [-0.05, 0) is 22.0 Å². The molecule has 0 spiro atoms. The van der Waals surface area contributed by atoms with Gasteiger partial charge in [0.2, 0.25) is 0 Å². The van der Waals surface area contributed by atoms with E-state index in [-0.39, 0.29) is 0 Å². The average molecular weight is 357 g/mol. The number of oxime groups is 1. The first-order chi connectivity index (χ1) is 12.9. The highest BCUT2D eigenvalue weighted by atomic mass is 28.4. The molecule has 0 radical (unpaired) electrons. The van der Waals surface area contributed by atoms with Gasteiger partial charge in [-0.2, -0.15) is 5.26 Å². The molecule has 3 aromatic carbocycles. The fourth-order valence-electron chi connectivity index (χ4n) is 2.97. The van der Waals surface area contributed by atoms with Gasteiger partial charge < -0.3 is 4.53 Å². The number of hydrogen-bond donors (Lipinski definition) is 0. The highest BCUT2D eigenvalue weighted by Gasteiger charge is 2.44. The van der Waals surface area contributed by atoms with Crippen molar-refractivity contribution in [2.75, 3.05) is 0 Å². The summed E-state index contributed by atoms with van der Waals surface area (Å²) in [7, 11) is -2.76. The number of rotatable bonds is 7. The van der Waals surface area contributed by atoms with Crippen LogP contribution in [0, 0.1) is 11.3 Å². The lowest BCUT2D eigenvalue weighted by molar-refractivity contribution is 0.350. The molecule has 0 heterocycles. The van der Waals surface area contributed by atoms with Crippen molar-refractivity contribution in [2.45, 2.75) is 12.8 Å². The molecule has 26 heavy (non-hydrogen) atoms. The summed E-state index contributed by atoms with van der Waals surface area (Å²) < 4.78 is 6.33. The first-order valence-corrected chi connectivity index (χ1v) is 10.5. The third-order valence-electron chi connectivity index (χ3n) is 4.19. The van der Waals surface area contributed by atoms with E-state index in [2.05, 4.69) is 47.6 Å². The lowest BCUT2D eigenvalue weighted by Crippen LogP contribution is -2.68. The molecular formula is C22H20N2OSi. The number of nitrogens with zero attached hydrogens (tertiary/aromatic N) is 2. The second kappa shape index (κ2) is 8.79. The summed E-state index contributed by atoms with van der Waals surface area (Å²) in [6.45, 7) is 0. The van der Waals surface area contributed by atoms with Crippen molar-refractivity contribution < 1.29 is 4.53 Å². The van der Waals surface area contributed by atoms with Crippen LogP contribution >= 0.6 is 0 Å². The van der Waals surface area contributed by atoms with E-state index < -0.39 is 8.32 Å². The van der Waals surface area contributed by atoms with Crippen molar-refractivity contribution in [3.05, 3.63) is 91.0 Å². The van der Waals surface area contributed by atoms with E-state index in [9.17, 15) is 0 Å². The number of hydrogen-bond acceptors (Lipinski definition) is 3. The Hall–Kier alpha value is -3.16. The summed E-state index contributed by atoms with van der Waals surface area (Å²) in [6, 6.07) is 33.0. The van der Waals surface area contributed by atoms with Gasteiger partial charge in [0.05, 0.1) is 6.07 Å². The second-order valence-electron chi connectivity index (χ2n) is 5.86. The molecule has 0 N–H and O–H groups in total. The van der Waals surface area contributed by atoms with Crippen LogP contribution in [0.2, 0.25) is 0 Å². The number of benzene rings is 3. The van der Waals surface area contributed by atoms with Gasteiger partial charge in [0, 0.05) is 12.6 Å². The van der Waals surface area contributed by atoms with Gasteiger partial charge in [-0.15, -0.1) is 5.16 Å². The molecule has 0 bridgehead atoms. The van der Waals surface area contributed by atoms with Crippen LogP contribution in [0.15, 0.2) is 96.2 Å². The third kappa shape index (κ3) is 3.74. The van der Waals surface area contributed by atoms with Gasteiger partial charge >= 0.3 is 8.32 Å². The lowest BCUT2D eigenvalue weighted by Gasteiger charge is -2.30. The molecule has 0 aliphatic carbocycles. The number of nitriles is 1. The highest BCUT2D eigenvalue weighted by Crippen LogP contribution is 2.10. The number of unbranched alkanes of at least 4 members (excludes halogenated alkanes) is 1. The van der Waals surface area contributed by atoms with E-state index in [0.29, 0.717) is 12.8 Å². The quantitative estimate of drug-likeness (QED) is 0.215. The van der Waals surface area contributed by atoms with Gasteiger partial charge in [-0.3, -0.25) is 0 Å². The zero-order valence-corrected chi connectivity index (χ0v) is 15.5. The Bertz CT molecular complexity index is 778. The van der Waals surface area contributed by atoms with Crippen molar-refractivity contribution in [3.8, 4) is 6.07 Å². The van der Waals surface area contributed by atoms with Crippen LogP contribution in [0.5, 0.6) is 0 Å². The Morgan fingerprint density at radius 2 is 1.19 bits per heavy atom. The lowest BCUT2D eigenvalue weighted by atomic mass is 10.3. The summed E-state index contributed by atoms with van der Waals surface area (Å²) in [6.07, 6.45) is 2.71. The molecule has 3 nitrogen and oxygen atoms in total. The maximum atomic E-state index is 8.72. The van der Waals surface area contributed by atoms with Crippen molar-refractivity contribution in [1.82, 2.24) is 0 Å². The Morgan fingerprint density at radius 1 is 0.769 bits per heavy atom. The summed E-state index contributed by atoms with van der Waals surface area (Å²) >= 11 is 0. The summed E-state index contributed by atoms with van der Waals surface area (Å²) in [5, 5.41) is 16.4. The van der Waals surface area contributed by atoms with E-state index in [1.54, 1.807) is 6.21 Å². The molecule has 128 valence electrons.